The highest BCUT2D eigenvalue weighted by Crippen LogP contribution is 2.35. The van der Waals surface area contributed by atoms with Gasteiger partial charge in [0.05, 0.1) is 15.6 Å². The SMILES string of the molecule is Cc1c(C(=O)O)n(C)c2ccc(Cl)c(Cl)c12. The van der Waals surface area contributed by atoms with Crippen molar-refractivity contribution in [3.63, 3.8) is 0 Å². The summed E-state index contributed by atoms with van der Waals surface area (Å²) < 4.78 is 1.61. The van der Waals surface area contributed by atoms with Gasteiger partial charge in [0.2, 0.25) is 0 Å². The minimum atomic E-state index is -0.969. The van der Waals surface area contributed by atoms with Crippen molar-refractivity contribution >= 4 is 40.1 Å². The number of rotatable bonds is 1. The van der Waals surface area contributed by atoms with Crippen LogP contribution in [0.3, 0.4) is 0 Å². The number of aromatic carboxylic acids is 1. The lowest BCUT2D eigenvalue weighted by atomic mass is 10.1. The van der Waals surface area contributed by atoms with Crippen LogP contribution in [0, 0.1) is 6.92 Å². The Labute approximate surface area is 102 Å². The van der Waals surface area contributed by atoms with Crippen molar-refractivity contribution in [1.82, 2.24) is 4.57 Å². The van der Waals surface area contributed by atoms with Gasteiger partial charge in [-0.25, -0.2) is 4.79 Å². The Morgan fingerprint density at radius 1 is 1.38 bits per heavy atom. The predicted octanol–water partition coefficient (Wildman–Crippen LogP) is 3.49. The number of carboxylic acid groups (broad SMARTS) is 1. The van der Waals surface area contributed by atoms with E-state index in [-0.39, 0.29) is 5.69 Å². The zero-order chi connectivity index (χ0) is 12.0. The molecular weight excluding hydrogens is 249 g/mol. The van der Waals surface area contributed by atoms with E-state index < -0.39 is 5.97 Å². The zero-order valence-electron chi connectivity index (χ0n) is 8.71. The van der Waals surface area contributed by atoms with E-state index in [4.69, 9.17) is 28.3 Å². The largest absolute Gasteiger partial charge is 0.477 e. The second kappa shape index (κ2) is 3.68. The number of benzene rings is 1. The topological polar surface area (TPSA) is 42.2 Å². The molecule has 84 valence electrons. The molecule has 3 nitrogen and oxygen atoms in total. The van der Waals surface area contributed by atoms with Gasteiger partial charge in [-0.1, -0.05) is 23.2 Å². The highest BCUT2D eigenvalue weighted by atomic mass is 35.5. The van der Waals surface area contributed by atoms with Crippen molar-refractivity contribution in [2.75, 3.05) is 0 Å². The fourth-order valence-electron chi connectivity index (χ4n) is 1.97. The Balaban J connectivity index is 3.00. The quantitative estimate of drug-likeness (QED) is 0.850. The highest BCUT2D eigenvalue weighted by molar-refractivity contribution is 6.45. The Hall–Kier alpha value is -1.19. The number of fused-ring (bicyclic) bond motifs is 1. The lowest BCUT2D eigenvalue weighted by molar-refractivity contribution is 0.0686. The summed E-state index contributed by atoms with van der Waals surface area (Å²) in [4.78, 5) is 11.1. The van der Waals surface area contributed by atoms with Crippen LogP contribution in [0.4, 0.5) is 0 Å². The number of carboxylic acids is 1. The van der Waals surface area contributed by atoms with Crippen LogP contribution in [0.2, 0.25) is 10.0 Å². The summed E-state index contributed by atoms with van der Waals surface area (Å²) >= 11 is 12.0. The van der Waals surface area contributed by atoms with Crippen molar-refractivity contribution in [1.29, 1.82) is 0 Å². The Bertz CT molecular complexity index is 602. The zero-order valence-corrected chi connectivity index (χ0v) is 10.2. The molecule has 0 fully saturated rings. The molecule has 0 atom stereocenters. The molecule has 1 heterocycles. The predicted molar refractivity (Wildman–Crippen MR) is 64.6 cm³/mol. The van der Waals surface area contributed by atoms with Gasteiger partial charge < -0.3 is 9.67 Å². The molecule has 5 heteroatoms. The molecule has 0 saturated carbocycles. The van der Waals surface area contributed by atoms with E-state index in [0.29, 0.717) is 21.0 Å². The van der Waals surface area contributed by atoms with E-state index in [0.717, 1.165) is 5.52 Å². The fraction of sp³-hybridized carbons (Fsp3) is 0.182. The number of hydrogen-bond acceptors (Lipinski definition) is 1. The molecule has 0 aliphatic carbocycles. The Kier molecular flexibility index (Phi) is 2.60. The summed E-state index contributed by atoms with van der Waals surface area (Å²) in [6.45, 7) is 1.73. The average molecular weight is 258 g/mol. The first-order valence-corrected chi connectivity index (χ1v) is 5.37. The molecule has 0 radical (unpaired) electrons. The van der Waals surface area contributed by atoms with Crippen molar-refractivity contribution in [3.8, 4) is 0 Å². The average Bonchev–Trinajstić information content (AvgIpc) is 2.45. The lowest BCUT2D eigenvalue weighted by Crippen LogP contribution is -2.05. The van der Waals surface area contributed by atoms with Crippen molar-refractivity contribution < 1.29 is 9.90 Å². The summed E-state index contributed by atoms with van der Waals surface area (Å²) in [5.41, 5.74) is 1.64. The number of hydrogen-bond donors (Lipinski definition) is 1. The van der Waals surface area contributed by atoms with Crippen LogP contribution in [0.1, 0.15) is 16.1 Å². The summed E-state index contributed by atoms with van der Waals surface area (Å²) in [6.07, 6.45) is 0. The van der Waals surface area contributed by atoms with Gasteiger partial charge in [0.15, 0.2) is 0 Å². The standard InChI is InChI=1S/C11H9Cl2NO2/c1-5-8-7(4-3-6(12)9(8)13)14(2)10(5)11(15)16/h3-4H,1-2H3,(H,15,16). The molecule has 1 aromatic heterocycles. The van der Waals surface area contributed by atoms with E-state index in [1.807, 2.05) is 0 Å². The molecule has 0 bridgehead atoms. The first-order valence-electron chi connectivity index (χ1n) is 4.61. The molecule has 16 heavy (non-hydrogen) atoms. The van der Waals surface area contributed by atoms with Crippen LogP contribution >= 0.6 is 23.2 Å². The van der Waals surface area contributed by atoms with Gasteiger partial charge in [-0.3, -0.25) is 0 Å². The van der Waals surface area contributed by atoms with Crippen LogP contribution in [-0.2, 0) is 7.05 Å². The summed E-state index contributed by atoms with van der Waals surface area (Å²) in [6, 6.07) is 3.43. The molecule has 2 aromatic rings. The molecule has 0 amide bonds. The third-order valence-corrected chi connectivity index (χ3v) is 3.51. The maximum absolute atomic E-state index is 11.1. The smallest absolute Gasteiger partial charge is 0.352 e. The van der Waals surface area contributed by atoms with Crippen molar-refractivity contribution in [2.45, 2.75) is 6.92 Å². The van der Waals surface area contributed by atoms with E-state index >= 15 is 0 Å². The van der Waals surface area contributed by atoms with Crippen LogP contribution in [0.5, 0.6) is 0 Å². The summed E-state index contributed by atoms with van der Waals surface area (Å²) in [5.74, 6) is -0.969. The molecule has 1 N–H and O–H groups in total. The molecule has 0 unspecified atom stereocenters. The van der Waals surface area contributed by atoms with Crippen LogP contribution in [0.15, 0.2) is 12.1 Å². The first-order chi connectivity index (χ1) is 7.45. The number of halogens is 2. The van der Waals surface area contributed by atoms with Gasteiger partial charge in [0.25, 0.3) is 0 Å². The van der Waals surface area contributed by atoms with Crippen LogP contribution in [-0.4, -0.2) is 15.6 Å². The number of nitrogens with zero attached hydrogens (tertiary/aromatic N) is 1. The molecular formula is C11H9Cl2NO2. The number of aromatic nitrogens is 1. The molecule has 0 spiro atoms. The van der Waals surface area contributed by atoms with Gasteiger partial charge in [-0.15, -0.1) is 0 Å². The maximum atomic E-state index is 11.1. The Morgan fingerprint density at radius 2 is 2.00 bits per heavy atom. The second-order valence-electron chi connectivity index (χ2n) is 3.59. The Morgan fingerprint density at radius 3 is 2.56 bits per heavy atom. The van der Waals surface area contributed by atoms with E-state index in [9.17, 15) is 4.79 Å². The van der Waals surface area contributed by atoms with Crippen LogP contribution < -0.4 is 0 Å². The van der Waals surface area contributed by atoms with Crippen LogP contribution in [0.25, 0.3) is 10.9 Å². The molecule has 1 aromatic carbocycles. The van der Waals surface area contributed by atoms with Gasteiger partial charge >= 0.3 is 5.97 Å². The first kappa shape index (κ1) is 11.3. The third kappa shape index (κ3) is 1.39. The number of aryl methyl sites for hydroxylation is 2. The third-order valence-electron chi connectivity index (χ3n) is 2.70. The van der Waals surface area contributed by atoms with Gasteiger partial charge in [0, 0.05) is 12.4 Å². The normalized spacial score (nSPS) is 11.0. The lowest BCUT2D eigenvalue weighted by Gasteiger charge is -2.00. The van der Waals surface area contributed by atoms with E-state index in [1.165, 1.54) is 0 Å². The molecule has 2 rings (SSSR count). The van der Waals surface area contributed by atoms with E-state index in [2.05, 4.69) is 0 Å². The summed E-state index contributed by atoms with van der Waals surface area (Å²) in [7, 11) is 1.70. The number of carbonyl (C=O) groups is 1. The monoisotopic (exact) mass is 257 g/mol. The fourth-order valence-corrected chi connectivity index (χ4v) is 2.43. The maximum Gasteiger partial charge on any atom is 0.352 e. The van der Waals surface area contributed by atoms with E-state index in [1.54, 1.807) is 30.7 Å². The minimum Gasteiger partial charge on any atom is -0.477 e. The molecule has 0 aliphatic heterocycles. The summed E-state index contributed by atoms with van der Waals surface area (Å²) in [5, 5.41) is 10.6. The van der Waals surface area contributed by atoms with Gasteiger partial charge in [0.1, 0.15) is 5.69 Å². The van der Waals surface area contributed by atoms with Gasteiger partial charge in [-0.2, -0.15) is 0 Å². The molecule has 0 saturated heterocycles. The second-order valence-corrected chi connectivity index (χ2v) is 4.38. The molecule has 0 aliphatic rings. The minimum absolute atomic E-state index is 0.235. The highest BCUT2D eigenvalue weighted by Gasteiger charge is 2.20. The van der Waals surface area contributed by atoms with Gasteiger partial charge in [-0.05, 0) is 24.6 Å². The van der Waals surface area contributed by atoms with Crippen molar-refractivity contribution in [3.05, 3.63) is 33.4 Å². The van der Waals surface area contributed by atoms with Crippen molar-refractivity contribution in [2.24, 2.45) is 7.05 Å².